The van der Waals surface area contributed by atoms with Crippen molar-refractivity contribution in [2.45, 2.75) is 12.4 Å². The van der Waals surface area contributed by atoms with Gasteiger partial charge in [-0.2, -0.15) is 18.3 Å². The average molecular weight is 458 g/mol. The fraction of sp³-hybridized carbons (Fsp3) is 0.273. The van der Waals surface area contributed by atoms with Crippen molar-refractivity contribution in [3.63, 3.8) is 0 Å². The zero-order valence-corrected chi connectivity index (χ0v) is 17.8. The normalized spacial score (nSPS) is 15.1. The number of sulfonamides is 1. The molecule has 32 heavy (non-hydrogen) atoms. The van der Waals surface area contributed by atoms with E-state index in [1.165, 1.54) is 22.6 Å². The lowest BCUT2D eigenvalue weighted by atomic mass is 10.1. The van der Waals surface area contributed by atoms with Crippen LogP contribution < -0.4 is 9.64 Å². The molecule has 0 aliphatic carbocycles. The van der Waals surface area contributed by atoms with Gasteiger partial charge in [-0.1, -0.05) is 30.3 Å². The fourth-order valence-corrected chi connectivity index (χ4v) is 5.34. The van der Waals surface area contributed by atoms with Crippen LogP contribution in [0.1, 0.15) is 11.1 Å². The second-order valence-corrected chi connectivity index (χ2v) is 9.29. The summed E-state index contributed by atoms with van der Waals surface area (Å²) in [5.74, 6) is -0.112. The molecule has 1 fully saturated rings. The molecule has 4 rings (SSSR count). The Bertz CT molecular complexity index is 1260. The molecule has 0 atom stereocenters. The Balaban J connectivity index is 1.58. The van der Waals surface area contributed by atoms with Crippen LogP contribution in [0.25, 0.3) is 10.9 Å². The van der Waals surface area contributed by atoms with Gasteiger partial charge in [0, 0.05) is 37.8 Å². The van der Waals surface area contributed by atoms with Gasteiger partial charge in [0.15, 0.2) is 0 Å². The minimum atomic E-state index is -3.49. The molecule has 0 N–H and O–H groups in total. The van der Waals surface area contributed by atoms with E-state index in [4.69, 9.17) is 0 Å². The molecule has 1 aliphatic rings. The third kappa shape index (κ3) is 4.64. The highest BCUT2D eigenvalue weighted by Gasteiger charge is 2.29. The molecule has 2 heterocycles. The molecule has 2 aromatic carbocycles. The highest BCUT2D eigenvalue weighted by molar-refractivity contribution is 7.88. The molecule has 0 radical (unpaired) electrons. The smallest absolute Gasteiger partial charge is 0.387 e. The summed E-state index contributed by atoms with van der Waals surface area (Å²) in [5, 5.41) is 10.1. The zero-order valence-electron chi connectivity index (χ0n) is 17.0. The molecular weight excluding hydrogens is 438 g/mol. The summed E-state index contributed by atoms with van der Waals surface area (Å²) >= 11 is 0. The molecule has 1 saturated heterocycles. The first-order chi connectivity index (χ1) is 15.4. The standard InChI is InChI=1S/C22H20F2N4O3S/c23-22(24)31-18-6-7-20-19(12-18)21(17(13-25)14-26-20)27-8-10-28(11-9-27)32(29,30)15-16-4-2-1-3-5-16/h1-7,12,14,22H,8-11,15H2. The van der Waals surface area contributed by atoms with Crippen LogP contribution in [0.15, 0.2) is 54.7 Å². The Kier molecular flexibility index (Phi) is 6.21. The molecule has 3 aromatic rings. The van der Waals surface area contributed by atoms with E-state index in [0.29, 0.717) is 35.2 Å². The van der Waals surface area contributed by atoms with Crippen molar-refractivity contribution >= 4 is 26.6 Å². The third-order valence-electron chi connectivity index (χ3n) is 5.30. The number of hydrogen-bond acceptors (Lipinski definition) is 6. The predicted octanol–water partition coefficient (Wildman–Crippen LogP) is 3.36. The summed E-state index contributed by atoms with van der Waals surface area (Å²) < 4.78 is 57.0. The topological polar surface area (TPSA) is 86.5 Å². The molecule has 0 spiro atoms. The van der Waals surface area contributed by atoms with Crippen LogP contribution in [0.2, 0.25) is 0 Å². The number of alkyl halides is 2. The van der Waals surface area contributed by atoms with Crippen molar-refractivity contribution in [1.29, 1.82) is 5.26 Å². The number of hydrogen-bond donors (Lipinski definition) is 0. The quantitative estimate of drug-likeness (QED) is 0.563. The fourth-order valence-electron chi connectivity index (χ4n) is 3.82. The number of rotatable bonds is 6. The summed E-state index contributed by atoms with van der Waals surface area (Å²) in [5.41, 5.74) is 2.07. The Morgan fingerprint density at radius 2 is 1.81 bits per heavy atom. The highest BCUT2D eigenvalue weighted by Crippen LogP contribution is 2.33. The van der Waals surface area contributed by atoms with Gasteiger partial charge < -0.3 is 9.64 Å². The number of halogens is 2. The third-order valence-corrected chi connectivity index (χ3v) is 7.15. The summed E-state index contributed by atoms with van der Waals surface area (Å²) in [7, 11) is -3.49. The minimum Gasteiger partial charge on any atom is -0.435 e. The van der Waals surface area contributed by atoms with Gasteiger partial charge in [0.1, 0.15) is 11.8 Å². The largest absolute Gasteiger partial charge is 0.435 e. The number of aromatic nitrogens is 1. The van der Waals surface area contributed by atoms with E-state index in [2.05, 4.69) is 15.8 Å². The Hall–Kier alpha value is -3.29. The predicted molar refractivity (Wildman–Crippen MR) is 116 cm³/mol. The van der Waals surface area contributed by atoms with Crippen molar-refractivity contribution in [3.8, 4) is 11.8 Å². The van der Waals surface area contributed by atoms with Gasteiger partial charge >= 0.3 is 6.61 Å². The van der Waals surface area contributed by atoms with Crippen molar-refractivity contribution in [2.75, 3.05) is 31.1 Å². The number of nitriles is 1. The maximum Gasteiger partial charge on any atom is 0.387 e. The van der Waals surface area contributed by atoms with Gasteiger partial charge in [-0.25, -0.2) is 8.42 Å². The Morgan fingerprint density at radius 3 is 2.47 bits per heavy atom. The number of pyridine rings is 1. The van der Waals surface area contributed by atoms with Gasteiger partial charge in [-0.3, -0.25) is 4.98 Å². The van der Waals surface area contributed by atoms with Crippen molar-refractivity contribution in [2.24, 2.45) is 0 Å². The van der Waals surface area contributed by atoms with Gasteiger partial charge in [-0.15, -0.1) is 0 Å². The van der Waals surface area contributed by atoms with Crippen LogP contribution in [-0.2, 0) is 15.8 Å². The van der Waals surface area contributed by atoms with E-state index in [0.717, 1.165) is 0 Å². The minimum absolute atomic E-state index is 0.0327. The van der Waals surface area contributed by atoms with Gasteiger partial charge in [-0.05, 0) is 23.8 Å². The number of piperazine rings is 1. The number of fused-ring (bicyclic) bond motifs is 1. The highest BCUT2D eigenvalue weighted by atomic mass is 32.2. The van der Waals surface area contributed by atoms with E-state index < -0.39 is 16.6 Å². The molecule has 7 nitrogen and oxygen atoms in total. The average Bonchev–Trinajstić information content (AvgIpc) is 2.78. The molecule has 0 amide bonds. The molecule has 0 saturated carbocycles. The van der Waals surface area contributed by atoms with Crippen LogP contribution in [0.4, 0.5) is 14.5 Å². The SMILES string of the molecule is N#Cc1cnc2ccc(OC(F)F)cc2c1N1CCN(S(=O)(=O)Cc2ccccc2)CC1. The van der Waals surface area contributed by atoms with E-state index >= 15 is 0 Å². The maximum atomic E-state index is 12.8. The number of anilines is 1. The summed E-state index contributed by atoms with van der Waals surface area (Å²) in [6.07, 6.45) is 1.43. The molecular formula is C22H20F2N4O3S. The molecule has 1 aliphatic heterocycles. The number of ether oxygens (including phenoxy) is 1. The van der Waals surface area contributed by atoms with Crippen LogP contribution >= 0.6 is 0 Å². The van der Waals surface area contributed by atoms with Gasteiger partial charge in [0.25, 0.3) is 0 Å². The van der Waals surface area contributed by atoms with Crippen molar-refractivity contribution < 1.29 is 21.9 Å². The maximum absolute atomic E-state index is 12.8. The van der Waals surface area contributed by atoms with Crippen molar-refractivity contribution in [3.05, 3.63) is 65.9 Å². The van der Waals surface area contributed by atoms with E-state index in [1.54, 1.807) is 30.3 Å². The van der Waals surface area contributed by atoms with E-state index in [-0.39, 0.29) is 30.2 Å². The molecule has 166 valence electrons. The number of nitrogens with zero attached hydrogens (tertiary/aromatic N) is 4. The Labute approximate surface area is 184 Å². The second kappa shape index (κ2) is 9.06. The molecule has 0 unspecified atom stereocenters. The van der Waals surface area contributed by atoms with Crippen LogP contribution in [-0.4, -0.2) is 50.5 Å². The lowest BCUT2D eigenvalue weighted by molar-refractivity contribution is -0.0497. The Morgan fingerprint density at radius 1 is 1.09 bits per heavy atom. The number of benzene rings is 2. The van der Waals surface area contributed by atoms with Gasteiger partial charge in [0.05, 0.1) is 22.5 Å². The van der Waals surface area contributed by atoms with E-state index in [1.807, 2.05) is 11.0 Å². The lowest BCUT2D eigenvalue weighted by Gasteiger charge is -2.36. The first kappa shape index (κ1) is 21.9. The van der Waals surface area contributed by atoms with Crippen LogP contribution in [0, 0.1) is 11.3 Å². The lowest BCUT2D eigenvalue weighted by Crippen LogP contribution is -2.49. The molecule has 0 bridgehead atoms. The zero-order chi connectivity index (χ0) is 22.7. The summed E-state index contributed by atoms with van der Waals surface area (Å²) in [4.78, 5) is 6.12. The first-order valence-electron chi connectivity index (χ1n) is 9.92. The monoisotopic (exact) mass is 458 g/mol. The molecule has 1 aromatic heterocycles. The van der Waals surface area contributed by atoms with Crippen LogP contribution in [0.3, 0.4) is 0 Å². The summed E-state index contributed by atoms with van der Waals surface area (Å²) in [6, 6.07) is 15.5. The first-order valence-corrected chi connectivity index (χ1v) is 11.5. The van der Waals surface area contributed by atoms with Crippen molar-refractivity contribution in [1.82, 2.24) is 9.29 Å². The second-order valence-electron chi connectivity index (χ2n) is 7.32. The van der Waals surface area contributed by atoms with E-state index in [9.17, 15) is 22.5 Å². The van der Waals surface area contributed by atoms with Gasteiger partial charge in [0.2, 0.25) is 10.0 Å². The summed E-state index contributed by atoms with van der Waals surface area (Å²) in [6.45, 7) is -1.78. The molecule has 10 heteroatoms. The van der Waals surface area contributed by atoms with Crippen LogP contribution in [0.5, 0.6) is 5.75 Å².